The molecule has 2 fully saturated rings. The Morgan fingerprint density at radius 2 is 2.12 bits per heavy atom. The largest absolute Gasteiger partial charge is 0.396 e. The first-order chi connectivity index (χ1) is 11.7. The van der Waals surface area contributed by atoms with Gasteiger partial charge in [0.25, 0.3) is 5.91 Å². The highest BCUT2D eigenvalue weighted by molar-refractivity contribution is 5.92. The van der Waals surface area contributed by atoms with Crippen molar-refractivity contribution in [2.24, 2.45) is 11.8 Å². The van der Waals surface area contributed by atoms with Gasteiger partial charge in [0.15, 0.2) is 0 Å². The Hall–Kier alpha value is -1.44. The number of aliphatic hydroxyl groups excluding tert-OH is 1. The van der Waals surface area contributed by atoms with Crippen molar-refractivity contribution in [1.82, 2.24) is 20.0 Å². The van der Waals surface area contributed by atoms with Crippen LogP contribution in [0.25, 0.3) is 0 Å². The van der Waals surface area contributed by atoms with Crippen LogP contribution >= 0.6 is 0 Å². The molecular formula is C17H28N4O3. The topological polar surface area (TPSA) is 81.7 Å². The van der Waals surface area contributed by atoms with Crippen molar-refractivity contribution in [2.45, 2.75) is 19.8 Å². The average molecular weight is 336 g/mol. The van der Waals surface area contributed by atoms with Gasteiger partial charge < -0.3 is 14.7 Å². The highest BCUT2D eigenvalue weighted by Crippen LogP contribution is 2.25. The second kappa shape index (κ2) is 8.09. The van der Waals surface area contributed by atoms with Crippen molar-refractivity contribution in [3.05, 3.63) is 17.5 Å². The van der Waals surface area contributed by atoms with Gasteiger partial charge in [0.1, 0.15) is 5.69 Å². The number of aromatic amines is 1. The number of morpholine rings is 1. The number of carbonyl (C=O) groups is 1. The summed E-state index contributed by atoms with van der Waals surface area (Å²) in [7, 11) is 0. The van der Waals surface area contributed by atoms with Crippen LogP contribution in [0.2, 0.25) is 0 Å². The summed E-state index contributed by atoms with van der Waals surface area (Å²) in [6.07, 6.45) is 1.92. The minimum Gasteiger partial charge on any atom is -0.396 e. The highest BCUT2D eigenvalue weighted by atomic mass is 16.5. The molecule has 134 valence electrons. The Bertz CT molecular complexity index is 542. The van der Waals surface area contributed by atoms with Crippen LogP contribution in [0.5, 0.6) is 0 Å². The summed E-state index contributed by atoms with van der Waals surface area (Å²) in [5, 5.41) is 16.8. The van der Waals surface area contributed by atoms with Crippen LogP contribution in [0.4, 0.5) is 0 Å². The predicted molar refractivity (Wildman–Crippen MR) is 89.8 cm³/mol. The predicted octanol–water partition coefficient (Wildman–Crippen LogP) is 0.375. The van der Waals surface area contributed by atoms with E-state index in [4.69, 9.17) is 4.74 Å². The Kier molecular flexibility index (Phi) is 5.86. The van der Waals surface area contributed by atoms with Crippen molar-refractivity contribution in [2.75, 3.05) is 52.5 Å². The van der Waals surface area contributed by atoms with Gasteiger partial charge in [-0.05, 0) is 18.4 Å². The van der Waals surface area contributed by atoms with Gasteiger partial charge in [0.05, 0.1) is 13.2 Å². The number of ether oxygens (including phenoxy) is 1. The lowest BCUT2D eigenvalue weighted by Crippen LogP contribution is -2.41. The molecule has 7 heteroatoms. The SMILES string of the molecule is CCCc1cc(C(=O)N2C[C@@H](CN3CCOCC3)[C@@H](CO)C2)n[nH]1. The van der Waals surface area contributed by atoms with Crippen LogP contribution in [0.3, 0.4) is 0 Å². The summed E-state index contributed by atoms with van der Waals surface area (Å²) >= 11 is 0. The zero-order valence-electron chi connectivity index (χ0n) is 14.4. The molecule has 0 aromatic carbocycles. The first-order valence-electron chi connectivity index (χ1n) is 8.95. The Labute approximate surface area is 143 Å². The zero-order chi connectivity index (χ0) is 16.9. The number of aromatic nitrogens is 2. The molecule has 3 heterocycles. The van der Waals surface area contributed by atoms with Gasteiger partial charge in [0, 0.05) is 50.9 Å². The lowest BCUT2D eigenvalue weighted by atomic mass is 9.96. The Balaban J connectivity index is 1.60. The first-order valence-corrected chi connectivity index (χ1v) is 8.95. The molecule has 2 N–H and O–H groups in total. The van der Waals surface area contributed by atoms with Gasteiger partial charge in [-0.1, -0.05) is 13.3 Å². The highest BCUT2D eigenvalue weighted by Gasteiger charge is 2.36. The monoisotopic (exact) mass is 336 g/mol. The van der Waals surface area contributed by atoms with Gasteiger partial charge in [0.2, 0.25) is 0 Å². The van der Waals surface area contributed by atoms with E-state index in [2.05, 4.69) is 22.0 Å². The maximum atomic E-state index is 12.7. The lowest BCUT2D eigenvalue weighted by Gasteiger charge is -2.30. The number of nitrogens with zero attached hydrogens (tertiary/aromatic N) is 3. The third kappa shape index (κ3) is 3.96. The number of H-pyrrole nitrogens is 1. The van der Waals surface area contributed by atoms with Gasteiger partial charge in [-0.2, -0.15) is 5.10 Å². The molecule has 1 amide bonds. The maximum absolute atomic E-state index is 12.7. The number of carbonyl (C=O) groups excluding carboxylic acids is 1. The summed E-state index contributed by atoms with van der Waals surface area (Å²) in [5.74, 6) is 0.425. The molecular weight excluding hydrogens is 308 g/mol. The maximum Gasteiger partial charge on any atom is 0.274 e. The summed E-state index contributed by atoms with van der Waals surface area (Å²) in [4.78, 5) is 16.9. The average Bonchev–Trinajstić information content (AvgIpc) is 3.22. The normalized spacial score (nSPS) is 25.3. The van der Waals surface area contributed by atoms with Crippen LogP contribution in [0, 0.1) is 11.8 Å². The molecule has 0 aliphatic carbocycles. The van der Waals surface area contributed by atoms with Crippen molar-refractivity contribution in [3.8, 4) is 0 Å². The van der Waals surface area contributed by atoms with Crippen LogP contribution in [-0.2, 0) is 11.2 Å². The fourth-order valence-electron chi connectivity index (χ4n) is 3.66. The van der Waals surface area contributed by atoms with E-state index in [9.17, 15) is 9.90 Å². The molecule has 0 unspecified atom stereocenters. The van der Waals surface area contributed by atoms with Gasteiger partial charge >= 0.3 is 0 Å². The number of nitrogens with one attached hydrogen (secondary N) is 1. The Morgan fingerprint density at radius 3 is 2.83 bits per heavy atom. The summed E-state index contributed by atoms with van der Waals surface area (Å²) in [6, 6.07) is 1.86. The van der Waals surface area contributed by atoms with Crippen LogP contribution in [-0.4, -0.2) is 83.6 Å². The molecule has 2 aliphatic rings. The van der Waals surface area contributed by atoms with E-state index < -0.39 is 0 Å². The van der Waals surface area contributed by atoms with Crippen molar-refractivity contribution in [1.29, 1.82) is 0 Å². The van der Waals surface area contributed by atoms with Gasteiger partial charge in [-0.15, -0.1) is 0 Å². The van der Waals surface area contributed by atoms with E-state index in [1.165, 1.54) is 0 Å². The van der Waals surface area contributed by atoms with Crippen LogP contribution in [0.15, 0.2) is 6.07 Å². The molecule has 1 aromatic heterocycles. The molecule has 7 nitrogen and oxygen atoms in total. The second-order valence-electron chi connectivity index (χ2n) is 6.85. The number of hydrogen-bond donors (Lipinski definition) is 2. The van der Waals surface area contributed by atoms with E-state index in [0.717, 1.165) is 51.4 Å². The van der Waals surface area contributed by atoms with E-state index in [-0.39, 0.29) is 18.4 Å². The molecule has 0 radical (unpaired) electrons. The molecule has 24 heavy (non-hydrogen) atoms. The van der Waals surface area contributed by atoms with Crippen LogP contribution < -0.4 is 0 Å². The van der Waals surface area contributed by atoms with E-state index in [0.29, 0.717) is 24.7 Å². The number of amides is 1. The van der Waals surface area contributed by atoms with E-state index in [1.54, 1.807) is 0 Å². The quantitative estimate of drug-likeness (QED) is 0.785. The van der Waals surface area contributed by atoms with Crippen molar-refractivity contribution >= 4 is 5.91 Å². The molecule has 2 atom stereocenters. The van der Waals surface area contributed by atoms with Crippen molar-refractivity contribution < 1.29 is 14.6 Å². The minimum atomic E-state index is -0.0310. The summed E-state index contributed by atoms with van der Waals surface area (Å²) in [6.45, 7) is 7.85. The van der Waals surface area contributed by atoms with Gasteiger partial charge in [-0.25, -0.2) is 0 Å². The van der Waals surface area contributed by atoms with Gasteiger partial charge in [-0.3, -0.25) is 14.8 Å². The second-order valence-corrected chi connectivity index (χ2v) is 6.85. The molecule has 0 bridgehead atoms. The van der Waals surface area contributed by atoms with E-state index >= 15 is 0 Å². The smallest absolute Gasteiger partial charge is 0.274 e. The standard InChI is InChI=1S/C17H28N4O3/c1-2-3-15-8-16(19-18-15)17(23)21-10-13(14(11-21)12-22)9-20-4-6-24-7-5-20/h8,13-14,22H,2-7,9-12H2,1H3,(H,18,19)/t13-,14-/m1/s1. The fourth-order valence-corrected chi connectivity index (χ4v) is 3.66. The fraction of sp³-hybridized carbons (Fsp3) is 0.765. The molecule has 0 spiro atoms. The number of likely N-dealkylation sites (tertiary alicyclic amines) is 1. The molecule has 2 saturated heterocycles. The molecule has 1 aromatic rings. The Morgan fingerprint density at radius 1 is 1.38 bits per heavy atom. The molecule has 0 saturated carbocycles. The number of aliphatic hydroxyl groups is 1. The molecule has 2 aliphatic heterocycles. The van der Waals surface area contributed by atoms with Crippen molar-refractivity contribution in [3.63, 3.8) is 0 Å². The third-order valence-corrected chi connectivity index (χ3v) is 5.06. The summed E-state index contributed by atoms with van der Waals surface area (Å²) in [5.41, 5.74) is 1.49. The molecule has 3 rings (SSSR count). The number of hydrogen-bond acceptors (Lipinski definition) is 5. The first kappa shape index (κ1) is 17.4. The zero-order valence-corrected chi connectivity index (χ0v) is 14.4. The minimum absolute atomic E-state index is 0.0310. The summed E-state index contributed by atoms with van der Waals surface area (Å²) < 4.78 is 5.39. The van der Waals surface area contributed by atoms with Crippen LogP contribution in [0.1, 0.15) is 29.5 Å². The van der Waals surface area contributed by atoms with E-state index in [1.807, 2.05) is 11.0 Å². The number of rotatable bonds is 6. The number of aryl methyl sites for hydroxylation is 1. The third-order valence-electron chi connectivity index (χ3n) is 5.06. The lowest BCUT2D eigenvalue weighted by molar-refractivity contribution is 0.0264.